The van der Waals surface area contributed by atoms with Gasteiger partial charge in [0.1, 0.15) is 0 Å². The molecular formula is C12H20N2O2S. The molecule has 0 aliphatic heterocycles. The second-order valence-corrected chi connectivity index (χ2v) is 6.11. The van der Waals surface area contributed by atoms with Crippen LogP contribution < -0.4 is 5.32 Å². The fraction of sp³-hybridized carbons (Fsp3) is 0.583. The summed E-state index contributed by atoms with van der Waals surface area (Å²) in [6, 6.07) is 3.28. The van der Waals surface area contributed by atoms with Gasteiger partial charge in [0.25, 0.3) is 0 Å². The number of sulfone groups is 1. The van der Waals surface area contributed by atoms with Gasteiger partial charge >= 0.3 is 0 Å². The molecule has 1 aromatic heterocycles. The quantitative estimate of drug-likeness (QED) is 0.761. The second-order valence-electron chi connectivity index (χ2n) is 4.14. The lowest BCUT2D eigenvalue weighted by atomic mass is 10.2. The van der Waals surface area contributed by atoms with Crippen molar-refractivity contribution in [2.75, 3.05) is 18.1 Å². The zero-order valence-corrected chi connectivity index (χ0v) is 11.3. The highest BCUT2D eigenvalue weighted by molar-refractivity contribution is 7.90. The third kappa shape index (κ3) is 5.17. The molecule has 0 aromatic carbocycles. The summed E-state index contributed by atoms with van der Waals surface area (Å²) < 4.78 is 22.4. The van der Waals surface area contributed by atoms with E-state index in [0.29, 0.717) is 0 Å². The zero-order valence-electron chi connectivity index (χ0n) is 10.4. The first-order chi connectivity index (χ1) is 8.04. The number of rotatable bonds is 7. The Morgan fingerprint density at radius 1 is 1.24 bits per heavy atom. The number of anilines is 1. The van der Waals surface area contributed by atoms with Crippen molar-refractivity contribution >= 4 is 15.5 Å². The summed E-state index contributed by atoms with van der Waals surface area (Å²) in [6.45, 7) is 3.08. The maximum atomic E-state index is 11.2. The van der Waals surface area contributed by atoms with Crippen molar-refractivity contribution < 1.29 is 8.42 Å². The van der Waals surface area contributed by atoms with E-state index in [-0.39, 0.29) is 5.03 Å². The van der Waals surface area contributed by atoms with Crippen LogP contribution in [0.2, 0.25) is 0 Å². The number of nitrogens with zero attached hydrogens (tertiary/aromatic N) is 1. The van der Waals surface area contributed by atoms with Gasteiger partial charge in [-0.1, -0.05) is 26.2 Å². The van der Waals surface area contributed by atoms with Crippen LogP contribution in [0.5, 0.6) is 0 Å². The Hall–Kier alpha value is -1.10. The van der Waals surface area contributed by atoms with Crippen LogP contribution >= 0.6 is 0 Å². The Balaban J connectivity index is 2.41. The Kier molecular flexibility index (Phi) is 5.41. The topological polar surface area (TPSA) is 59.1 Å². The fourth-order valence-electron chi connectivity index (χ4n) is 1.49. The Labute approximate surface area is 103 Å². The minimum atomic E-state index is -3.19. The van der Waals surface area contributed by atoms with E-state index in [0.717, 1.165) is 24.9 Å². The Morgan fingerprint density at radius 3 is 2.53 bits per heavy atom. The van der Waals surface area contributed by atoms with Gasteiger partial charge < -0.3 is 5.32 Å². The molecule has 1 heterocycles. The van der Waals surface area contributed by atoms with E-state index in [9.17, 15) is 8.42 Å². The number of aromatic nitrogens is 1. The average molecular weight is 256 g/mol. The summed E-state index contributed by atoms with van der Waals surface area (Å²) in [7, 11) is -3.19. The fourth-order valence-corrected chi connectivity index (χ4v) is 2.05. The first-order valence-electron chi connectivity index (χ1n) is 5.94. The van der Waals surface area contributed by atoms with Crippen molar-refractivity contribution in [3.8, 4) is 0 Å². The third-order valence-corrected chi connectivity index (χ3v) is 3.48. The molecule has 0 bridgehead atoms. The van der Waals surface area contributed by atoms with Crippen LogP contribution in [0.1, 0.15) is 32.6 Å². The number of hydrogen-bond acceptors (Lipinski definition) is 4. The molecule has 1 rings (SSSR count). The van der Waals surface area contributed by atoms with Crippen LogP contribution in [0.4, 0.5) is 5.69 Å². The van der Waals surface area contributed by atoms with Crippen molar-refractivity contribution in [3.05, 3.63) is 18.3 Å². The van der Waals surface area contributed by atoms with Crippen molar-refractivity contribution in [1.29, 1.82) is 0 Å². The normalized spacial score (nSPS) is 11.4. The van der Waals surface area contributed by atoms with Gasteiger partial charge in [-0.15, -0.1) is 0 Å². The summed E-state index contributed by atoms with van der Waals surface area (Å²) in [5.74, 6) is 0. The van der Waals surface area contributed by atoms with Crippen LogP contribution in [0.15, 0.2) is 23.4 Å². The van der Waals surface area contributed by atoms with Gasteiger partial charge in [-0.3, -0.25) is 0 Å². The summed E-state index contributed by atoms with van der Waals surface area (Å²) in [5, 5.41) is 3.34. The molecule has 4 nitrogen and oxygen atoms in total. The molecule has 0 aliphatic rings. The first kappa shape index (κ1) is 14.0. The molecule has 1 N–H and O–H groups in total. The molecule has 0 saturated carbocycles. The van der Waals surface area contributed by atoms with Gasteiger partial charge in [0, 0.05) is 12.8 Å². The van der Waals surface area contributed by atoms with E-state index in [1.54, 1.807) is 12.3 Å². The van der Waals surface area contributed by atoms with E-state index in [2.05, 4.69) is 17.2 Å². The first-order valence-corrected chi connectivity index (χ1v) is 7.83. The number of nitrogens with one attached hydrogen (secondary N) is 1. The molecule has 0 radical (unpaired) electrons. The molecule has 96 valence electrons. The summed E-state index contributed by atoms with van der Waals surface area (Å²) in [6.07, 6.45) is 7.56. The van der Waals surface area contributed by atoms with E-state index >= 15 is 0 Å². The van der Waals surface area contributed by atoms with Crippen molar-refractivity contribution in [2.24, 2.45) is 0 Å². The molecule has 0 spiro atoms. The van der Waals surface area contributed by atoms with Crippen molar-refractivity contribution in [3.63, 3.8) is 0 Å². The van der Waals surface area contributed by atoms with Crippen molar-refractivity contribution in [2.45, 2.75) is 37.6 Å². The molecule has 17 heavy (non-hydrogen) atoms. The van der Waals surface area contributed by atoms with E-state index in [1.165, 1.54) is 25.3 Å². The number of hydrogen-bond donors (Lipinski definition) is 1. The lowest BCUT2D eigenvalue weighted by molar-refractivity contribution is 0.598. The van der Waals surface area contributed by atoms with E-state index in [1.807, 2.05) is 0 Å². The monoisotopic (exact) mass is 256 g/mol. The highest BCUT2D eigenvalue weighted by Gasteiger charge is 2.07. The van der Waals surface area contributed by atoms with Crippen molar-refractivity contribution in [1.82, 2.24) is 4.98 Å². The minimum Gasteiger partial charge on any atom is -0.384 e. The van der Waals surface area contributed by atoms with Crippen LogP contribution in [0.3, 0.4) is 0 Å². The van der Waals surface area contributed by atoms with E-state index < -0.39 is 9.84 Å². The van der Waals surface area contributed by atoms with E-state index in [4.69, 9.17) is 0 Å². The second kappa shape index (κ2) is 6.59. The lowest BCUT2D eigenvalue weighted by Gasteiger charge is -2.06. The molecule has 0 amide bonds. The maximum Gasteiger partial charge on any atom is 0.192 e. The van der Waals surface area contributed by atoms with Crippen LogP contribution in [0, 0.1) is 0 Å². The summed E-state index contributed by atoms with van der Waals surface area (Å²) >= 11 is 0. The van der Waals surface area contributed by atoms with Crippen LogP contribution in [-0.4, -0.2) is 26.2 Å². The third-order valence-electron chi connectivity index (χ3n) is 2.48. The summed E-state index contributed by atoms with van der Waals surface area (Å²) in [5.41, 5.74) is 0.869. The molecule has 0 aliphatic carbocycles. The van der Waals surface area contributed by atoms with Gasteiger partial charge in [-0.25, -0.2) is 13.4 Å². The molecule has 5 heteroatoms. The SMILES string of the molecule is CCCCCCNc1ccc(S(C)(=O)=O)nc1. The average Bonchev–Trinajstić information content (AvgIpc) is 2.28. The predicted octanol–water partition coefficient (Wildman–Crippen LogP) is 2.48. The molecule has 1 aromatic rings. The Morgan fingerprint density at radius 2 is 2.00 bits per heavy atom. The highest BCUT2D eigenvalue weighted by atomic mass is 32.2. The number of unbranched alkanes of at least 4 members (excludes halogenated alkanes) is 3. The van der Waals surface area contributed by atoms with Crippen LogP contribution in [0.25, 0.3) is 0 Å². The number of pyridine rings is 1. The molecule has 0 saturated heterocycles. The molecule has 0 unspecified atom stereocenters. The predicted molar refractivity (Wildman–Crippen MR) is 70.0 cm³/mol. The standard InChI is InChI=1S/C12H20N2O2S/c1-3-4-5-6-9-13-11-7-8-12(14-10-11)17(2,15)16/h7-8,10,13H,3-6,9H2,1-2H3. The summed E-state index contributed by atoms with van der Waals surface area (Å²) in [4.78, 5) is 3.91. The highest BCUT2D eigenvalue weighted by Crippen LogP contribution is 2.10. The van der Waals surface area contributed by atoms with Gasteiger partial charge in [-0.2, -0.15) is 0 Å². The largest absolute Gasteiger partial charge is 0.384 e. The maximum absolute atomic E-state index is 11.2. The minimum absolute atomic E-state index is 0.119. The van der Waals surface area contributed by atoms with Crippen LogP contribution in [-0.2, 0) is 9.84 Å². The van der Waals surface area contributed by atoms with Gasteiger partial charge in [-0.05, 0) is 18.6 Å². The Bertz CT molecular complexity index is 426. The van der Waals surface area contributed by atoms with Gasteiger partial charge in [0.2, 0.25) is 0 Å². The molecule has 0 fully saturated rings. The smallest absolute Gasteiger partial charge is 0.192 e. The van der Waals surface area contributed by atoms with Gasteiger partial charge in [0.15, 0.2) is 14.9 Å². The lowest BCUT2D eigenvalue weighted by Crippen LogP contribution is -2.04. The molecule has 0 atom stereocenters. The molecular weight excluding hydrogens is 236 g/mol. The van der Waals surface area contributed by atoms with Gasteiger partial charge in [0.05, 0.1) is 11.9 Å². The zero-order chi connectivity index (χ0) is 12.7.